The molecule has 0 radical (unpaired) electrons. The summed E-state index contributed by atoms with van der Waals surface area (Å²) in [5.74, 6) is 0.389. The highest BCUT2D eigenvalue weighted by molar-refractivity contribution is 6.51. The second-order valence-electron chi connectivity index (χ2n) is 8.05. The van der Waals surface area contributed by atoms with E-state index in [1.54, 1.807) is 60.7 Å². The Balaban J connectivity index is 1.52. The summed E-state index contributed by atoms with van der Waals surface area (Å²) in [6.45, 7) is 2.38. The Morgan fingerprint density at radius 3 is 2.17 bits per heavy atom. The summed E-state index contributed by atoms with van der Waals surface area (Å²) >= 11 is 0. The van der Waals surface area contributed by atoms with Crippen molar-refractivity contribution in [2.75, 3.05) is 11.5 Å². The van der Waals surface area contributed by atoms with E-state index in [-0.39, 0.29) is 11.3 Å². The highest BCUT2D eigenvalue weighted by atomic mass is 16.5. The number of rotatable bonds is 7. The van der Waals surface area contributed by atoms with Crippen LogP contribution in [0.4, 0.5) is 5.69 Å². The van der Waals surface area contributed by atoms with E-state index in [1.165, 1.54) is 11.2 Å². The zero-order valence-corrected chi connectivity index (χ0v) is 19.5. The van der Waals surface area contributed by atoms with Crippen LogP contribution in [0.5, 0.6) is 17.2 Å². The Bertz CT molecular complexity index is 1390. The van der Waals surface area contributed by atoms with E-state index < -0.39 is 17.7 Å². The van der Waals surface area contributed by atoms with Crippen molar-refractivity contribution in [1.29, 1.82) is 0 Å². The SMILES string of the molecule is CCOc1ccc(/C(O)=C2/C(=O)C(=O)N(c3ccc(Oc4ccccc4)cc3)C2c2ccco2)cc1. The van der Waals surface area contributed by atoms with Gasteiger partial charge in [-0.15, -0.1) is 0 Å². The molecule has 1 aromatic heterocycles. The number of Topliss-reactive ketones (excluding diaryl/α,β-unsaturated/α-hetero) is 1. The first kappa shape index (κ1) is 23.0. The molecule has 1 fully saturated rings. The molecule has 1 aliphatic heterocycles. The van der Waals surface area contributed by atoms with Crippen LogP contribution in [0.25, 0.3) is 5.76 Å². The smallest absolute Gasteiger partial charge is 0.300 e. The van der Waals surface area contributed by atoms with E-state index >= 15 is 0 Å². The molecule has 1 saturated heterocycles. The van der Waals surface area contributed by atoms with Crippen LogP contribution in [0.2, 0.25) is 0 Å². The van der Waals surface area contributed by atoms with Crippen LogP contribution in [0, 0.1) is 0 Å². The Morgan fingerprint density at radius 1 is 0.861 bits per heavy atom. The van der Waals surface area contributed by atoms with Gasteiger partial charge in [0, 0.05) is 11.3 Å². The maximum atomic E-state index is 13.2. The van der Waals surface area contributed by atoms with Crippen LogP contribution in [-0.2, 0) is 9.59 Å². The summed E-state index contributed by atoms with van der Waals surface area (Å²) in [4.78, 5) is 27.7. The van der Waals surface area contributed by atoms with Gasteiger partial charge in [0.1, 0.15) is 34.8 Å². The normalized spacial score (nSPS) is 16.8. The van der Waals surface area contributed by atoms with Crippen molar-refractivity contribution in [3.63, 3.8) is 0 Å². The van der Waals surface area contributed by atoms with Crippen LogP contribution in [0.1, 0.15) is 24.3 Å². The Morgan fingerprint density at radius 2 is 1.53 bits per heavy atom. The third kappa shape index (κ3) is 4.34. The van der Waals surface area contributed by atoms with Crippen LogP contribution in [-0.4, -0.2) is 23.4 Å². The van der Waals surface area contributed by atoms with Crippen LogP contribution in [0.3, 0.4) is 0 Å². The van der Waals surface area contributed by atoms with Crippen molar-refractivity contribution < 1.29 is 28.6 Å². The van der Waals surface area contributed by atoms with E-state index in [0.29, 0.717) is 40.9 Å². The Labute approximate surface area is 207 Å². The fourth-order valence-corrected chi connectivity index (χ4v) is 4.15. The lowest BCUT2D eigenvalue weighted by atomic mass is 9.99. The molecule has 1 N–H and O–H groups in total. The lowest BCUT2D eigenvalue weighted by Gasteiger charge is -2.23. The minimum Gasteiger partial charge on any atom is -0.507 e. The number of aliphatic hydroxyl groups excluding tert-OH is 1. The number of carbonyl (C=O) groups excluding carboxylic acids is 2. The standard InChI is InChI=1S/C29H23NO6/c1-2-34-21-14-10-19(11-15-21)27(31)25-26(24-9-6-18-35-24)30(29(33)28(25)32)20-12-16-23(17-13-20)36-22-7-4-3-5-8-22/h3-18,26,31H,2H2,1H3/b27-25-. The summed E-state index contributed by atoms with van der Waals surface area (Å²) in [6, 6.07) is 25.2. The quantitative estimate of drug-likeness (QED) is 0.195. The summed E-state index contributed by atoms with van der Waals surface area (Å²) in [6.07, 6.45) is 1.46. The molecule has 0 spiro atoms. The number of anilines is 1. The first-order valence-electron chi connectivity index (χ1n) is 11.5. The van der Waals surface area contributed by atoms with Crippen LogP contribution >= 0.6 is 0 Å². The number of amides is 1. The third-order valence-corrected chi connectivity index (χ3v) is 5.79. The van der Waals surface area contributed by atoms with Gasteiger partial charge in [0.25, 0.3) is 11.7 Å². The first-order valence-corrected chi connectivity index (χ1v) is 11.5. The first-order chi connectivity index (χ1) is 17.6. The fourth-order valence-electron chi connectivity index (χ4n) is 4.15. The van der Waals surface area contributed by atoms with Crippen molar-refractivity contribution >= 4 is 23.1 Å². The van der Waals surface area contributed by atoms with Gasteiger partial charge in [-0.3, -0.25) is 14.5 Å². The average Bonchev–Trinajstić information content (AvgIpc) is 3.52. The molecule has 0 bridgehead atoms. The molecule has 4 aromatic rings. The van der Waals surface area contributed by atoms with E-state index in [4.69, 9.17) is 13.9 Å². The minimum absolute atomic E-state index is 0.0521. The van der Waals surface area contributed by atoms with Gasteiger partial charge in [0.15, 0.2) is 0 Å². The monoisotopic (exact) mass is 481 g/mol. The maximum Gasteiger partial charge on any atom is 0.300 e. The van der Waals surface area contributed by atoms with Gasteiger partial charge >= 0.3 is 0 Å². The van der Waals surface area contributed by atoms with Gasteiger partial charge in [-0.1, -0.05) is 18.2 Å². The van der Waals surface area contributed by atoms with Gasteiger partial charge in [-0.2, -0.15) is 0 Å². The number of ketones is 1. The number of hydrogen-bond acceptors (Lipinski definition) is 6. The van der Waals surface area contributed by atoms with Gasteiger partial charge in [-0.05, 0) is 79.7 Å². The molecular weight excluding hydrogens is 458 g/mol. The summed E-state index contributed by atoms with van der Waals surface area (Å²) in [5.41, 5.74) is 0.799. The van der Waals surface area contributed by atoms with Crippen molar-refractivity contribution in [1.82, 2.24) is 0 Å². The Kier molecular flexibility index (Phi) is 6.28. The molecule has 0 saturated carbocycles. The second kappa shape index (κ2) is 9.84. The second-order valence-corrected chi connectivity index (χ2v) is 8.05. The molecule has 1 unspecified atom stereocenters. The highest BCUT2D eigenvalue weighted by Gasteiger charge is 2.48. The minimum atomic E-state index is -0.938. The molecule has 2 heterocycles. The highest BCUT2D eigenvalue weighted by Crippen LogP contribution is 2.42. The van der Waals surface area contributed by atoms with E-state index in [2.05, 4.69) is 0 Å². The molecule has 1 aliphatic rings. The molecule has 7 nitrogen and oxygen atoms in total. The predicted octanol–water partition coefficient (Wildman–Crippen LogP) is 6.10. The number of benzene rings is 3. The lowest BCUT2D eigenvalue weighted by Crippen LogP contribution is -2.29. The molecule has 5 rings (SSSR count). The summed E-state index contributed by atoms with van der Waals surface area (Å²) < 4.78 is 16.9. The third-order valence-electron chi connectivity index (χ3n) is 5.79. The number of carbonyl (C=O) groups is 2. The van der Waals surface area contributed by atoms with E-state index in [0.717, 1.165) is 0 Å². The molecule has 1 amide bonds. The zero-order valence-electron chi connectivity index (χ0n) is 19.5. The number of ether oxygens (including phenoxy) is 2. The predicted molar refractivity (Wildman–Crippen MR) is 134 cm³/mol. The molecule has 0 aliphatic carbocycles. The molecule has 36 heavy (non-hydrogen) atoms. The van der Waals surface area contributed by atoms with Crippen molar-refractivity contribution in [3.8, 4) is 17.2 Å². The summed E-state index contributed by atoms with van der Waals surface area (Å²) in [5, 5.41) is 11.1. The van der Waals surface area contributed by atoms with Gasteiger partial charge < -0.3 is 19.0 Å². The molecule has 3 aromatic carbocycles. The van der Waals surface area contributed by atoms with Crippen molar-refractivity contribution in [3.05, 3.63) is 114 Å². The molecule has 7 heteroatoms. The largest absolute Gasteiger partial charge is 0.507 e. The van der Waals surface area contributed by atoms with Crippen LogP contribution < -0.4 is 14.4 Å². The van der Waals surface area contributed by atoms with Gasteiger partial charge in [0.2, 0.25) is 0 Å². The number of para-hydroxylation sites is 1. The number of hydrogen-bond donors (Lipinski definition) is 1. The average molecular weight is 482 g/mol. The fraction of sp³-hybridized carbons (Fsp3) is 0.103. The number of furan rings is 1. The van der Waals surface area contributed by atoms with E-state index in [9.17, 15) is 14.7 Å². The van der Waals surface area contributed by atoms with Crippen molar-refractivity contribution in [2.45, 2.75) is 13.0 Å². The Hall–Kier alpha value is -4.78. The molecule has 180 valence electrons. The number of aliphatic hydroxyl groups is 1. The van der Waals surface area contributed by atoms with Gasteiger partial charge in [-0.25, -0.2) is 0 Å². The lowest BCUT2D eigenvalue weighted by molar-refractivity contribution is -0.132. The van der Waals surface area contributed by atoms with E-state index in [1.807, 2.05) is 37.3 Å². The topological polar surface area (TPSA) is 89.2 Å². The van der Waals surface area contributed by atoms with Crippen LogP contribution in [0.15, 0.2) is 107 Å². The van der Waals surface area contributed by atoms with Crippen molar-refractivity contribution in [2.24, 2.45) is 0 Å². The number of nitrogens with zero attached hydrogens (tertiary/aromatic N) is 1. The summed E-state index contributed by atoms with van der Waals surface area (Å²) in [7, 11) is 0. The molecule has 1 atom stereocenters. The van der Waals surface area contributed by atoms with Gasteiger partial charge in [0.05, 0.1) is 18.4 Å². The maximum absolute atomic E-state index is 13.2. The molecular formula is C29H23NO6. The zero-order chi connectivity index (χ0) is 25.1.